The van der Waals surface area contributed by atoms with Gasteiger partial charge in [-0.05, 0) is 44.4 Å². The first-order valence-corrected chi connectivity index (χ1v) is 9.80. The molecule has 0 aliphatic carbocycles. The number of hydrogen-bond donors (Lipinski definition) is 1. The molecule has 0 aromatic heterocycles. The van der Waals surface area contributed by atoms with Crippen LogP contribution in [0.3, 0.4) is 0 Å². The Morgan fingerprint density at radius 2 is 1.86 bits per heavy atom. The molecule has 1 heterocycles. The van der Waals surface area contributed by atoms with Crippen LogP contribution in [0.25, 0.3) is 0 Å². The van der Waals surface area contributed by atoms with Crippen LogP contribution in [0.1, 0.15) is 32.3 Å². The summed E-state index contributed by atoms with van der Waals surface area (Å²) < 4.78 is 46.4. The van der Waals surface area contributed by atoms with Crippen molar-refractivity contribution >= 4 is 11.9 Å². The largest absolute Gasteiger partial charge is 0.484 e. The number of likely N-dealkylation sites (tertiary alicyclic amines) is 1. The van der Waals surface area contributed by atoms with Crippen molar-refractivity contribution in [2.75, 3.05) is 32.8 Å². The molecule has 0 spiro atoms. The predicted octanol–water partition coefficient (Wildman–Crippen LogP) is 3.37. The topological polar surface area (TPSA) is 63.2 Å². The van der Waals surface area contributed by atoms with E-state index in [4.69, 9.17) is 9.47 Å². The zero-order valence-corrected chi connectivity index (χ0v) is 16.8. The molecule has 1 aliphatic rings. The Labute approximate surface area is 169 Å². The molecule has 9 heteroatoms. The van der Waals surface area contributed by atoms with Gasteiger partial charge in [0.25, 0.3) is 0 Å². The fraction of sp³-hybridized carbons (Fsp3) is 0.600. The first-order chi connectivity index (χ1) is 13.8. The summed E-state index contributed by atoms with van der Waals surface area (Å²) in [5, 5.41) is 3.25. The summed E-state index contributed by atoms with van der Waals surface area (Å²) >= 11 is 0. The molecule has 1 fully saturated rings. The van der Waals surface area contributed by atoms with E-state index in [2.05, 4.69) is 15.2 Å². The third-order valence-electron chi connectivity index (χ3n) is 4.49. The monoisotopic (exact) mass is 415 g/mol. The van der Waals surface area contributed by atoms with Gasteiger partial charge >= 0.3 is 12.1 Å². The van der Waals surface area contributed by atoms with Crippen molar-refractivity contribution in [1.82, 2.24) is 10.2 Å². The Hall–Kier alpha value is -2.45. The van der Waals surface area contributed by atoms with Crippen LogP contribution in [-0.2, 0) is 16.1 Å². The Morgan fingerprint density at radius 1 is 1.21 bits per heavy atom. The van der Waals surface area contributed by atoms with Gasteiger partial charge in [0.05, 0.1) is 19.1 Å². The molecular weight excluding hydrogens is 387 g/mol. The Balaban J connectivity index is 1.91. The Kier molecular flexibility index (Phi) is 8.60. The van der Waals surface area contributed by atoms with Gasteiger partial charge in [-0.2, -0.15) is 13.2 Å². The number of nitrogens with one attached hydrogen (secondary N) is 1. The number of esters is 1. The summed E-state index contributed by atoms with van der Waals surface area (Å²) in [6.07, 6.45) is -2.92. The second kappa shape index (κ2) is 10.9. The van der Waals surface area contributed by atoms with Crippen molar-refractivity contribution in [1.29, 1.82) is 0 Å². The normalized spacial score (nSPS) is 15.9. The summed E-state index contributed by atoms with van der Waals surface area (Å²) in [6, 6.07) is 6.42. The van der Waals surface area contributed by atoms with E-state index in [1.807, 2.05) is 6.92 Å². The van der Waals surface area contributed by atoms with Gasteiger partial charge in [-0.25, -0.2) is 4.99 Å². The number of guanidine groups is 1. The number of carbonyl (C=O) groups excluding carboxylic acids is 1. The van der Waals surface area contributed by atoms with Crippen molar-refractivity contribution in [2.45, 2.75) is 39.4 Å². The lowest BCUT2D eigenvalue weighted by molar-refractivity contribution is -0.153. The molecule has 0 radical (unpaired) electrons. The standard InChI is InChI=1S/C20H28F3N3O3/c1-3-24-19(26-11-9-16(10-12-26)18(27)28-4-2)25-13-15-5-7-17(8-6-15)29-14-20(21,22)23/h5-8,16H,3-4,9-14H2,1-2H3,(H,24,25). The third kappa shape index (κ3) is 7.83. The zero-order chi connectivity index (χ0) is 21.3. The molecule has 1 N–H and O–H groups in total. The zero-order valence-electron chi connectivity index (χ0n) is 16.8. The van der Waals surface area contributed by atoms with Crippen LogP contribution in [0.2, 0.25) is 0 Å². The van der Waals surface area contributed by atoms with E-state index in [-0.39, 0.29) is 17.6 Å². The van der Waals surface area contributed by atoms with Gasteiger partial charge in [0, 0.05) is 19.6 Å². The average Bonchev–Trinajstić information content (AvgIpc) is 2.70. The number of alkyl halides is 3. The van der Waals surface area contributed by atoms with Gasteiger partial charge in [-0.15, -0.1) is 0 Å². The molecule has 1 saturated heterocycles. The summed E-state index contributed by atoms with van der Waals surface area (Å²) in [5.74, 6) is 0.718. The smallest absolute Gasteiger partial charge is 0.422 e. The fourth-order valence-electron chi connectivity index (χ4n) is 3.04. The van der Waals surface area contributed by atoms with Crippen molar-refractivity contribution < 1.29 is 27.4 Å². The highest BCUT2D eigenvalue weighted by Gasteiger charge is 2.28. The van der Waals surface area contributed by atoms with Crippen LogP contribution in [0.4, 0.5) is 13.2 Å². The molecule has 0 bridgehead atoms. The lowest BCUT2D eigenvalue weighted by Gasteiger charge is -2.33. The average molecular weight is 415 g/mol. The Morgan fingerprint density at radius 3 is 2.41 bits per heavy atom. The molecule has 0 saturated carbocycles. The Bertz CT molecular complexity index is 670. The van der Waals surface area contributed by atoms with Gasteiger partial charge < -0.3 is 19.7 Å². The summed E-state index contributed by atoms with van der Waals surface area (Å²) in [5.41, 5.74) is 0.862. The molecule has 0 atom stereocenters. The lowest BCUT2D eigenvalue weighted by atomic mass is 9.97. The molecule has 1 aromatic rings. The number of rotatable bonds is 7. The van der Waals surface area contributed by atoms with Gasteiger partial charge in [-0.1, -0.05) is 12.1 Å². The van der Waals surface area contributed by atoms with E-state index in [1.165, 1.54) is 12.1 Å². The molecular formula is C20H28F3N3O3. The maximum atomic E-state index is 12.2. The molecule has 0 amide bonds. The van der Waals surface area contributed by atoms with Crippen molar-refractivity contribution in [3.8, 4) is 5.75 Å². The minimum absolute atomic E-state index is 0.0710. The molecule has 2 rings (SSSR count). The number of carbonyl (C=O) groups is 1. The number of hydrogen-bond acceptors (Lipinski definition) is 4. The minimum Gasteiger partial charge on any atom is -0.484 e. The van der Waals surface area contributed by atoms with Crippen molar-refractivity contribution in [3.05, 3.63) is 29.8 Å². The van der Waals surface area contributed by atoms with E-state index in [9.17, 15) is 18.0 Å². The molecule has 0 unspecified atom stereocenters. The number of piperidine rings is 1. The fourth-order valence-corrected chi connectivity index (χ4v) is 3.04. The number of nitrogens with zero attached hydrogens (tertiary/aromatic N) is 2. The van der Waals surface area contributed by atoms with Crippen LogP contribution < -0.4 is 10.1 Å². The number of ether oxygens (including phenoxy) is 2. The van der Waals surface area contributed by atoms with Crippen LogP contribution in [-0.4, -0.2) is 55.9 Å². The highest BCUT2D eigenvalue weighted by molar-refractivity contribution is 5.80. The SMILES string of the molecule is CCNC(=NCc1ccc(OCC(F)(F)F)cc1)N1CCC(C(=O)OCC)CC1. The molecule has 162 valence electrons. The third-order valence-corrected chi connectivity index (χ3v) is 4.49. The summed E-state index contributed by atoms with van der Waals surface area (Å²) in [7, 11) is 0. The first-order valence-electron chi connectivity index (χ1n) is 9.80. The van der Waals surface area contributed by atoms with Crippen LogP contribution in [0.5, 0.6) is 5.75 Å². The van der Waals surface area contributed by atoms with E-state index in [1.54, 1.807) is 19.1 Å². The van der Waals surface area contributed by atoms with Crippen LogP contribution in [0, 0.1) is 5.92 Å². The van der Waals surface area contributed by atoms with E-state index in [0.29, 0.717) is 45.6 Å². The second-order valence-corrected chi connectivity index (χ2v) is 6.73. The van der Waals surface area contributed by atoms with Gasteiger partial charge in [-0.3, -0.25) is 4.79 Å². The van der Waals surface area contributed by atoms with E-state index < -0.39 is 12.8 Å². The summed E-state index contributed by atoms with van der Waals surface area (Å²) in [6.45, 7) is 5.38. The van der Waals surface area contributed by atoms with Crippen LogP contribution in [0.15, 0.2) is 29.3 Å². The van der Waals surface area contributed by atoms with Gasteiger partial charge in [0.15, 0.2) is 12.6 Å². The quantitative estimate of drug-likeness (QED) is 0.420. The highest BCUT2D eigenvalue weighted by atomic mass is 19.4. The van der Waals surface area contributed by atoms with E-state index >= 15 is 0 Å². The minimum atomic E-state index is -4.36. The molecule has 6 nitrogen and oxygen atoms in total. The van der Waals surface area contributed by atoms with Crippen molar-refractivity contribution in [3.63, 3.8) is 0 Å². The molecule has 1 aliphatic heterocycles. The number of benzene rings is 1. The maximum Gasteiger partial charge on any atom is 0.422 e. The van der Waals surface area contributed by atoms with Gasteiger partial charge in [0.2, 0.25) is 0 Å². The lowest BCUT2D eigenvalue weighted by Crippen LogP contribution is -2.46. The predicted molar refractivity (Wildman–Crippen MR) is 104 cm³/mol. The molecule has 1 aromatic carbocycles. The van der Waals surface area contributed by atoms with E-state index in [0.717, 1.165) is 11.5 Å². The summed E-state index contributed by atoms with van der Waals surface area (Å²) in [4.78, 5) is 18.6. The second-order valence-electron chi connectivity index (χ2n) is 6.73. The first kappa shape index (κ1) is 22.8. The number of aliphatic imine (C=N–C) groups is 1. The van der Waals surface area contributed by atoms with Crippen LogP contribution >= 0.6 is 0 Å². The molecule has 29 heavy (non-hydrogen) atoms. The highest BCUT2D eigenvalue weighted by Crippen LogP contribution is 2.20. The van der Waals surface area contributed by atoms with Gasteiger partial charge in [0.1, 0.15) is 5.75 Å². The maximum absolute atomic E-state index is 12.2. The van der Waals surface area contributed by atoms with Crippen molar-refractivity contribution in [2.24, 2.45) is 10.9 Å². The number of halogens is 3.